The zero-order chi connectivity index (χ0) is 22.6. The van der Waals surface area contributed by atoms with Crippen molar-refractivity contribution in [1.82, 2.24) is 14.5 Å². The largest absolute Gasteiger partial charge is 0.352 e. The van der Waals surface area contributed by atoms with Crippen molar-refractivity contribution in [2.75, 3.05) is 19.6 Å². The number of hydrogen-bond acceptors (Lipinski definition) is 4. The van der Waals surface area contributed by atoms with Crippen LogP contribution in [0.4, 0.5) is 0 Å². The van der Waals surface area contributed by atoms with Gasteiger partial charge in [-0.05, 0) is 42.5 Å². The van der Waals surface area contributed by atoms with Gasteiger partial charge in [-0.2, -0.15) is 4.31 Å². The van der Waals surface area contributed by atoms with Gasteiger partial charge < -0.3 is 10.2 Å². The monoisotopic (exact) mass is 455 g/mol. The minimum Gasteiger partial charge on any atom is -0.352 e. The lowest BCUT2D eigenvalue weighted by Gasteiger charge is -2.31. The molecule has 2 saturated heterocycles. The molecule has 2 aromatic rings. The highest BCUT2D eigenvalue weighted by Gasteiger charge is 2.33. The number of carbonyl (C=O) groups excluding carboxylic acids is 2. The van der Waals surface area contributed by atoms with Gasteiger partial charge in [0.05, 0.1) is 10.8 Å². The average Bonchev–Trinajstić information content (AvgIpc) is 3.23. The predicted octanol–water partition coefficient (Wildman–Crippen LogP) is 2.53. The van der Waals surface area contributed by atoms with E-state index in [-0.39, 0.29) is 29.2 Å². The van der Waals surface area contributed by atoms with Gasteiger partial charge in [-0.15, -0.1) is 0 Å². The fraction of sp³-hybridized carbons (Fsp3) is 0.417. The van der Waals surface area contributed by atoms with E-state index in [1.807, 2.05) is 29.2 Å². The smallest absolute Gasteiger partial charge is 0.243 e. The van der Waals surface area contributed by atoms with Crippen LogP contribution in [0.2, 0.25) is 0 Å². The van der Waals surface area contributed by atoms with Gasteiger partial charge >= 0.3 is 0 Å². The van der Waals surface area contributed by atoms with Crippen molar-refractivity contribution >= 4 is 21.8 Å². The molecular formula is C24H29N3O4S. The van der Waals surface area contributed by atoms with E-state index in [0.717, 1.165) is 24.1 Å². The van der Waals surface area contributed by atoms with Crippen LogP contribution in [0.3, 0.4) is 0 Å². The third-order valence-corrected chi connectivity index (χ3v) is 8.05. The van der Waals surface area contributed by atoms with Crippen LogP contribution in [-0.4, -0.2) is 49.1 Å². The van der Waals surface area contributed by atoms with Crippen LogP contribution in [0.25, 0.3) is 0 Å². The summed E-state index contributed by atoms with van der Waals surface area (Å²) < 4.78 is 27.2. The molecular weight excluding hydrogens is 426 g/mol. The Morgan fingerprint density at radius 2 is 1.69 bits per heavy atom. The van der Waals surface area contributed by atoms with Crippen molar-refractivity contribution in [3.8, 4) is 0 Å². The maximum atomic E-state index is 12.9. The maximum absolute atomic E-state index is 12.9. The molecule has 32 heavy (non-hydrogen) atoms. The number of carbonyl (C=O) groups is 2. The highest BCUT2D eigenvalue weighted by Crippen LogP contribution is 2.24. The van der Waals surface area contributed by atoms with Crippen LogP contribution >= 0.6 is 0 Å². The molecule has 2 fully saturated rings. The first-order valence-corrected chi connectivity index (χ1v) is 12.6. The fourth-order valence-corrected chi connectivity index (χ4v) is 5.85. The Hall–Kier alpha value is -2.71. The van der Waals surface area contributed by atoms with E-state index in [9.17, 15) is 18.0 Å². The Bertz CT molecular complexity index is 1050. The number of sulfonamides is 1. The molecule has 2 aliphatic heterocycles. The molecule has 170 valence electrons. The maximum Gasteiger partial charge on any atom is 0.243 e. The molecule has 8 heteroatoms. The van der Waals surface area contributed by atoms with Gasteiger partial charge in [0.2, 0.25) is 21.8 Å². The zero-order valence-electron chi connectivity index (χ0n) is 18.1. The normalized spacial score (nSPS) is 19.8. The summed E-state index contributed by atoms with van der Waals surface area (Å²) in [7, 11) is -3.59. The quantitative estimate of drug-likeness (QED) is 0.695. The van der Waals surface area contributed by atoms with Crippen LogP contribution in [0.15, 0.2) is 59.5 Å². The summed E-state index contributed by atoms with van der Waals surface area (Å²) in [5, 5.41) is 2.96. The number of nitrogens with one attached hydrogen (secondary N) is 1. The van der Waals surface area contributed by atoms with E-state index in [0.29, 0.717) is 38.9 Å². The van der Waals surface area contributed by atoms with E-state index < -0.39 is 10.0 Å². The van der Waals surface area contributed by atoms with E-state index in [1.54, 1.807) is 30.3 Å². The summed E-state index contributed by atoms with van der Waals surface area (Å²) in [5.74, 6) is -0.274. The van der Waals surface area contributed by atoms with Crippen LogP contribution in [0.5, 0.6) is 0 Å². The molecule has 0 unspecified atom stereocenters. The van der Waals surface area contributed by atoms with Crippen LogP contribution < -0.4 is 5.32 Å². The number of piperidine rings is 1. The minimum absolute atomic E-state index is 0.121. The summed E-state index contributed by atoms with van der Waals surface area (Å²) in [6, 6.07) is 16.3. The van der Waals surface area contributed by atoms with Crippen molar-refractivity contribution in [3.63, 3.8) is 0 Å². The molecule has 2 aliphatic rings. The van der Waals surface area contributed by atoms with E-state index >= 15 is 0 Å². The molecule has 0 saturated carbocycles. The Morgan fingerprint density at radius 1 is 0.969 bits per heavy atom. The molecule has 0 spiro atoms. The second-order valence-electron chi connectivity index (χ2n) is 8.47. The van der Waals surface area contributed by atoms with Gasteiger partial charge in [0.15, 0.2) is 0 Å². The van der Waals surface area contributed by atoms with Gasteiger partial charge in [-0.3, -0.25) is 9.59 Å². The lowest BCUT2D eigenvalue weighted by atomic mass is 9.98. The first-order chi connectivity index (χ1) is 15.4. The van der Waals surface area contributed by atoms with Gasteiger partial charge in [0.1, 0.15) is 0 Å². The molecule has 2 amide bonds. The first-order valence-electron chi connectivity index (χ1n) is 11.1. The molecule has 0 radical (unpaired) electrons. The summed E-state index contributed by atoms with van der Waals surface area (Å²) in [6.45, 7) is 2.46. The van der Waals surface area contributed by atoms with Crippen molar-refractivity contribution in [3.05, 3.63) is 65.7 Å². The third-order valence-electron chi connectivity index (χ3n) is 6.17. The summed E-state index contributed by atoms with van der Waals surface area (Å²) in [4.78, 5) is 26.6. The van der Waals surface area contributed by atoms with E-state index in [1.165, 1.54) is 4.31 Å². The Labute approximate surface area is 189 Å². The van der Waals surface area contributed by atoms with Crippen LogP contribution in [0.1, 0.15) is 36.8 Å². The van der Waals surface area contributed by atoms with Gasteiger partial charge in [-0.25, -0.2) is 8.42 Å². The lowest BCUT2D eigenvalue weighted by molar-refractivity contribution is -0.128. The van der Waals surface area contributed by atoms with Crippen molar-refractivity contribution in [1.29, 1.82) is 0 Å². The van der Waals surface area contributed by atoms with Gasteiger partial charge in [0, 0.05) is 39.1 Å². The number of amides is 2. The van der Waals surface area contributed by atoms with Crippen molar-refractivity contribution < 1.29 is 18.0 Å². The highest BCUT2D eigenvalue weighted by atomic mass is 32.2. The molecule has 4 rings (SSSR count). The first kappa shape index (κ1) is 22.5. The Balaban J connectivity index is 1.30. The third kappa shape index (κ3) is 5.19. The standard InChI is InChI=1S/C24H29N3O4S/c28-23-9-5-14-26(23)17-20-12-10-19(11-13-20)16-25-24(29)21-6-4-15-27(18-21)32(30,31)22-7-2-1-3-8-22/h1-3,7-8,10-13,21H,4-6,9,14-18H2,(H,25,29)/t21-/m1/s1. The summed E-state index contributed by atoms with van der Waals surface area (Å²) in [6.07, 6.45) is 2.90. The SMILES string of the molecule is O=C(NCc1ccc(CN2CCCC2=O)cc1)[C@@H]1CCCN(S(=O)(=O)c2ccccc2)C1. The number of benzene rings is 2. The molecule has 1 N–H and O–H groups in total. The van der Waals surface area contributed by atoms with Crippen molar-refractivity contribution in [2.24, 2.45) is 5.92 Å². The van der Waals surface area contributed by atoms with Crippen LogP contribution in [0, 0.1) is 5.92 Å². The van der Waals surface area contributed by atoms with E-state index in [4.69, 9.17) is 0 Å². The minimum atomic E-state index is -3.59. The van der Waals surface area contributed by atoms with Crippen molar-refractivity contribution in [2.45, 2.75) is 43.7 Å². The van der Waals surface area contributed by atoms with Gasteiger partial charge in [0.25, 0.3) is 0 Å². The van der Waals surface area contributed by atoms with Gasteiger partial charge in [-0.1, -0.05) is 42.5 Å². The van der Waals surface area contributed by atoms with E-state index in [2.05, 4.69) is 5.32 Å². The van der Waals surface area contributed by atoms with Crippen LogP contribution in [-0.2, 0) is 32.7 Å². The second kappa shape index (κ2) is 9.83. The number of rotatable bonds is 7. The zero-order valence-corrected chi connectivity index (χ0v) is 18.9. The molecule has 0 bridgehead atoms. The molecule has 1 atom stereocenters. The predicted molar refractivity (Wildman–Crippen MR) is 121 cm³/mol. The average molecular weight is 456 g/mol. The topological polar surface area (TPSA) is 86.8 Å². The summed E-state index contributed by atoms with van der Waals surface area (Å²) in [5.41, 5.74) is 2.05. The number of hydrogen-bond donors (Lipinski definition) is 1. The Morgan fingerprint density at radius 3 is 2.38 bits per heavy atom. The molecule has 0 aromatic heterocycles. The number of nitrogens with zero attached hydrogens (tertiary/aromatic N) is 2. The highest BCUT2D eigenvalue weighted by molar-refractivity contribution is 7.89. The molecule has 2 heterocycles. The number of likely N-dealkylation sites (tertiary alicyclic amines) is 1. The Kier molecular flexibility index (Phi) is 6.91. The summed E-state index contributed by atoms with van der Waals surface area (Å²) >= 11 is 0. The molecule has 7 nitrogen and oxygen atoms in total. The molecule has 2 aromatic carbocycles. The second-order valence-corrected chi connectivity index (χ2v) is 10.4. The lowest BCUT2D eigenvalue weighted by Crippen LogP contribution is -2.45. The fourth-order valence-electron chi connectivity index (χ4n) is 4.30. The molecule has 0 aliphatic carbocycles.